The molecule has 84 valence electrons. The van der Waals surface area contributed by atoms with Gasteiger partial charge in [-0.1, -0.05) is 0 Å². The van der Waals surface area contributed by atoms with E-state index in [1.807, 2.05) is 6.92 Å². The minimum absolute atomic E-state index is 0.0667. The summed E-state index contributed by atoms with van der Waals surface area (Å²) in [5.41, 5.74) is 1.82. The number of hydrogen-bond donors (Lipinski definition) is 1. The van der Waals surface area contributed by atoms with E-state index in [1.54, 1.807) is 13.0 Å². The number of amides is 1. The van der Waals surface area contributed by atoms with Crippen molar-refractivity contribution in [1.29, 1.82) is 0 Å². The Labute approximate surface area is 93.4 Å². The minimum atomic E-state index is -0.300. The Bertz CT molecular complexity index is 468. The van der Waals surface area contributed by atoms with Crippen LogP contribution in [0.25, 0.3) is 0 Å². The highest BCUT2D eigenvalue weighted by molar-refractivity contribution is 6.46. The molecule has 1 unspecified atom stereocenters. The highest BCUT2D eigenvalue weighted by atomic mass is 19.1. The number of nitrogens with zero attached hydrogens (tertiary/aromatic N) is 1. The Morgan fingerprint density at radius 1 is 1.50 bits per heavy atom. The van der Waals surface area contributed by atoms with E-state index in [2.05, 4.69) is 10.3 Å². The summed E-state index contributed by atoms with van der Waals surface area (Å²) in [5, 5.41) is 2.81. The van der Waals surface area contributed by atoms with Crippen LogP contribution in [0.3, 0.4) is 0 Å². The minimum Gasteiger partial charge on any atom is -0.346 e. The summed E-state index contributed by atoms with van der Waals surface area (Å²) in [4.78, 5) is 15.9. The van der Waals surface area contributed by atoms with Gasteiger partial charge in [-0.25, -0.2) is 4.39 Å². The molecule has 0 aromatic heterocycles. The molecule has 16 heavy (non-hydrogen) atoms. The predicted molar refractivity (Wildman–Crippen MR) is 60.1 cm³/mol. The molecule has 1 aromatic rings. The maximum absolute atomic E-state index is 12.9. The topological polar surface area (TPSA) is 41.5 Å². The molecule has 4 heteroatoms. The summed E-state index contributed by atoms with van der Waals surface area (Å²) in [5.74, 6) is -0.486. The van der Waals surface area contributed by atoms with Gasteiger partial charge in [0.2, 0.25) is 0 Å². The van der Waals surface area contributed by atoms with Crippen LogP contribution in [0.2, 0.25) is 0 Å². The number of aliphatic imine (C=N–C) groups is 1. The van der Waals surface area contributed by atoms with E-state index in [-0.39, 0.29) is 17.8 Å². The zero-order valence-electron chi connectivity index (χ0n) is 9.25. The fourth-order valence-electron chi connectivity index (χ4n) is 1.74. The molecule has 1 amide bonds. The van der Waals surface area contributed by atoms with Crippen molar-refractivity contribution >= 4 is 11.6 Å². The fourth-order valence-corrected chi connectivity index (χ4v) is 1.74. The van der Waals surface area contributed by atoms with Gasteiger partial charge in [-0.15, -0.1) is 0 Å². The number of halogens is 1. The summed E-state index contributed by atoms with van der Waals surface area (Å²) < 4.78 is 12.9. The second kappa shape index (κ2) is 4.04. The first-order valence-electron chi connectivity index (χ1n) is 5.20. The zero-order valence-corrected chi connectivity index (χ0v) is 9.25. The van der Waals surface area contributed by atoms with E-state index in [4.69, 9.17) is 0 Å². The Morgan fingerprint density at radius 2 is 2.25 bits per heavy atom. The van der Waals surface area contributed by atoms with E-state index in [1.165, 1.54) is 12.1 Å². The molecule has 0 saturated carbocycles. The normalized spacial score (nSPS) is 20.3. The van der Waals surface area contributed by atoms with Crippen molar-refractivity contribution in [3.05, 3.63) is 35.1 Å². The first-order chi connectivity index (χ1) is 7.58. The predicted octanol–water partition coefficient (Wildman–Crippen LogP) is 1.44. The summed E-state index contributed by atoms with van der Waals surface area (Å²) in [7, 11) is 0. The molecular formula is C12H13FN2O. The maximum atomic E-state index is 12.9. The zero-order chi connectivity index (χ0) is 11.7. The summed E-state index contributed by atoms with van der Waals surface area (Å²) in [6, 6.07) is 4.41. The highest BCUT2D eigenvalue weighted by Crippen LogP contribution is 2.13. The molecular weight excluding hydrogens is 207 g/mol. The van der Waals surface area contributed by atoms with Gasteiger partial charge >= 0.3 is 0 Å². The smallest absolute Gasteiger partial charge is 0.270 e. The number of benzene rings is 1. The maximum Gasteiger partial charge on any atom is 0.270 e. The number of rotatable bonds is 1. The average Bonchev–Trinajstić information content (AvgIpc) is 2.19. The first kappa shape index (κ1) is 10.8. The third-order valence-corrected chi connectivity index (χ3v) is 2.56. The van der Waals surface area contributed by atoms with E-state index < -0.39 is 0 Å². The second-order valence-corrected chi connectivity index (χ2v) is 4.02. The Hall–Kier alpha value is -1.71. The summed E-state index contributed by atoms with van der Waals surface area (Å²) in [6.07, 6.45) is 0. The van der Waals surface area contributed by atoms with Crippen molar-refractivity contribution in [3.8, 4) is 0 Å². The van der Waals surface area contributed by atoms with Gasteiger partial charge in [-0.05, 0) is 37.6 Å². The second-order valence-electron chi connectivity index (χ2n) is 4.02. The average molecular weight is 220 g/mol. The van der Waals surface area contributed by atoms with E-state index in [0.717, 1.165) is 5.56 Å². The van der Waals surface area contributed by atoms with Crippen LogP contribution < -0.4 is 5.32 Å². The quantitative estimate of drug-likeness (QED) is 0.764. The Kier molecular flexibility index (Phi) is 2.73. The molecule has 0 spiro atoms. The molecule has 1 heterocycles. The molecule has 0 bridgehead atoms. The van der Waals surface area contributed by atoms with Crippen LogP contribution in [0.4, 0.5) is 4.39 Å². The number of carbonyl (C=O) groups excluding carboxylic acids is 1. The van der Waals surface area contributed by atoms with E-state index >= 15 is 0 Å². The van der Waals surface area contributed by atoms with Crippen LogP contribution in [0.1, 0.15) is 18.1 Å². The highest BCUT2D eigenvalue weighted by Gasteiger charge is 2.21. The molecule has 1 atom stereocenters. The molecule has 1 aromatic carbocycles. The van der Waals surface area contributed by atoms with Gasteiger partial charge in [0, 0.05) is 11.6 Å². The van der Waals surface area contributed by atoms with Crippen molar-refractivity contribution in [3.63, 3.8) is 0 Å². The van der Waals surface area contributed by atoms with Crippen LogP contribution in [0, 0.1) is 12.7 Å². The third kappa shape index (κ3) is 1.96. The molecule has 2 rings (SSSR count). The Morgan fingerprint density at radius 3 is 2.88 bits per heavy atom. The van der Waals surface area contributed by atoms with Crippen molar-refractivity contribution in [2.75, 3.05) is 6.54 Å². The molecule has 0 aliphatic carbocycles. The molecule has 0 radical (unpaired) electrons. The Balaban J connectivity index is 2.41. The van der Waals surface area contributed by atoms with Gasteiger partial charge in [0.1, 0.15) is 11.5 Å². The van der Waals surface area contributed by atoms with Gasteiger partial charge in [0.05, 0.1) is 6.54 Å². The largest absolute Gasteiger partial charge is 0.346 e. The van der Waals surface area contributed by atoms with Gasteiger partial charge in [-0.3, -0.25) is 9.79 Å². The van der Waals surface area contributed by atoms with Crippen molar-refractivity contribution in [2.24, 2.45) is 4.99 Å². The summed E-state index contributed by atoms with van der Waals surface area (Å²) in [6.45, 7) is 4.24. The monoisotopic (exact) mass is 220 g/mol. The number of aryl methyl sites for hydroxylation is 1. The van der Waals surface area contributed by atoms with Crippen molar-refractivity contribution in [1.82, 2.24) is 5.32 Å². The SMILES string of the molecule is Cc1cc(F)ccc1C1=NCC(C)NC1=O. The molecule has 0 fully saturated rings. The van der Waals surface area contributed by atoms with Crippen LogP contribution in [-0.4, -0.2) is 24.2 Å². The van der Waals surface area contributed by atoms with Gasteiger partial charge in [0.25, 0.3) is 5.91 Å². The van der Waals surface area contributed by atoms with Crippen LogP contribution in [0.5, 0.6) is 0 Å². The standard InChI is InChI=1S/C12H13FN2O/c1-7-5-9(13)3-4-10(7)11-12(16)15-8(2)6-14-11/h3-5,8H,6H2,1-2H3,(H,15,16). The van der Waals surface area contributed by atoms with Gasteiger partial charge < -0.3 is 5.32 Å². The van der Waals surface area contributed by atoms with Crippen molar-refractivity contribution < 1.29 is 9.18 Å². The molecule has 0 saturated heterocycles. The van der Waals surface area contributed by atoms with Crippen LogP contribution in [-0.2, 0) is 4.79 Å². The number of nitrogens with one attached hydrogen (secondary N) is 1. The third-order valence-electron chi connectivity index (χ3n) is 2.56. The molecule has 1 aliphatic rings. The molecule has 1 N–H and O–H groups in total. The van der Waals surface area contributed by atoms with Crippen molar-refractivity contribution in [2.45, 2.75) is 19.9 Å². The van der Waals surface area contributed by atoms with E-state index in [9.17, 15) is 9.18 Å². The number of carbonyl (C=O) groups is 1. The van der Waals surface area contributed by atoms with Gasteiger partial charge in [0.15, 0.2) is 0 Å². The molecule has 3 nitrogen and oxygen atoms in total. The summed E-state index contributed by atoms with van der Waals surface area (Å²) >= 11 is 0. The molecule has 1 aliphatic heterocycles. The van der Waals surface area contributed by atoms with Gasteiger partial charge in [-0.2, -0.15) is 0 Å². The van der Waals surface area contributed by atoms with Crippen LogP contribution >= 0.6 is 0 Å². The van der Waals surface area contributed by atoms with E-state index in [0.29, 0.717) is 17.8 Å². The lowest BCUT2D eigenvalue weighted by Crippen LogP contribution is -2.44. The fraction of sp³-hybridized carbons (Fsp3) is 0.333. The number of hydrogen-bond acceptors (Lipinski definition) is 2. The lowest BCUT2D eigenvalue weighted by Gasteiger charge is -2.19. The lowest BCUT2D eigenvalue weighted by molar-refractivity contribution is -0.115. The first-order valence-corrected chi connectivity index (χ1v) is 5.20. The van der Waals surface area contributed by atoms with Crippen LogP contribution in [0.15, 0.2) is 23.2 Å². The lowest BCUT2D eigenvalue weighted by atomic mass is 10.0.